The van der Waals surface area contributed by atoms with Crippen molar-refractivity contribution in [1.29, 1.82) is 0 Å². The van der Waals surface area contributed by atoms with Crippen LogP contribution >= 0.6 is 0 Å². The molecule has 0 saturated heterocycles. The first-order valence-corrected chi connectivity index (χ1v) is 10.5. The minimum absolute atomic E-state index is 0.00686. The van der Waals surface area contributed by atoms with Gasteiger partial charge in [0, 0.05) is 12.3 Å². The molecular formula is C23H15F4N7O2. The molecule has 4 heterocycles. The SMILES string of the molecule is CC(NC(=O)c1cc(-c2cccnc2F)ncn1)c1cc(-c2nc3ccc(C(F)(F)F)cc3[nH]2)no1. The molecule has 1 unspecified atom stereocenters. The van der Waals surface area contributed by atoms with Crippen LogP contribution in [0.25, 0.3) is 33.8 Å². The van der Waals surface area contributed by atoms with Crippen LogP contribution in [0.2, 0.25) is 0 Å². The van der Waals surface area contributed by atoms with Gasteiger partial charge in [-0.2, -0.15) is 17.6 Å². The van der Waals surface area contributed by atoms with Gasteiger partial charge in [0.1, 0.15) is 17.7 Å². The number of aromatic nitrogens is 6. The summed E-state index contributed by atoms with van der Waals surface area (Å²) < 4.78 is 58.2. The fourth-order valence-electron chi connectivity index (χ4n) is 3.46. The molecule has 0 aliphatic carbocycles. The third kappa shape index (κ3) is 4.50. The van der Waals surface area contributed by atoms with Crippen molar-refractivity contribution in [2.24, 2.45) is 0 Å². The Bertz CT molecular complexity index is 1580. The van der Waals surface area contributed by atoms with Crippen molar-refractivity contribution in [3.63, 3.8) is 0 Å². The number of carbonyl (C=O) groups is 1. The molecule has 36 heavy (non-hydrogen) atoms. The number of hydrogen-bond acceptors (Lipinski definition) is 7. The molecule has 0 bridgehead atoms. The van der Waals surface area contributed by atoms with Crippen molar-refractivity contribution < 1.29 is 26.9 Å². The van der Waals surface area contributed by atoms with Gasteiger partial charge in [-0.05, 0) is 43.3 Å². The Hall–Kier alpha value is -4.68. The number of fused-ring (bicyclic) bond motifs is 1. The summed E-state index contributed by atoms with van der Waals surface area (Å²) >= 11 is 0. The monoisotopic (exact) mass is 497 g/mol. The smallest absolute Gasteiger partial charge is 0.358 e. The first kappa shape index (κ1) is 23.1. The zero-order valence-electron chi connectivity index (χ0n) is 18.3. The highest BCUT2D eigenvalue weighted by Crippen LogP contribution is 2.32. The number of hydrogen-bond donors (Lipinski definition) is 2. The Morgan fingerprint density at radius 2 is 1.92 bits per heavy atom. The largest absolute Gasteiger partial charge is 0.416 e. The number of nitrogens with one attached hydrogen (secondary N) is 2. The maximum Gasteiger partial charge on any atom is 0.416 e. The van der Waals surface area contributed by atoms with Gasteiger partial charge in [0.25, 0.3) is 5.91 Å². The number of aromatic amines is 1. The van der Waals surface area contributed by atoms with E-state index in [1.165, 1.54) is 30.5 Å². The minimum Gasteiger partial charge on any atom is -0.358 e. The van der Waals surface area contributed by atoms with E-state index in [-0.39, 0.29) is 39.7 Å². The van der Waals surface area contributed by atoms with E-state index in [2.05, 4.69) is 35.4 Å². The Morgan fingerprint density at radius 1 is 1.08 bits per heavy atom. The summed E-state index contributed by atoms with van der Waals surface area (Å²) in [4.78, 5) is 31.3. The number of imidazole rings is 1. The van der Waals surface area contributed by atoms with Gasteiger partial charge in [0.2, 0.25) is 5.95 Å². The van der Waals surface area contributed by atoms with Crippen LogP contribution in [0.15, 0.2) is 59.5 Å². The second-order valence-electron chi connectivity index (χ2n) is 7.76. The van der Waals surface area contributed by atoms with Gasteiger partial charge in [-0.3, -0.25) is 4.79 Å². The van der Waals surface area contributed by atoms with Gasteiger partial charge in [0.05, 0.1) is 33.9 Å². The summed E-state index contributed by atoms with van der Waals surface area (Å²) in [6.45, 7) is 1.64. The number of H-pyrrole nitrogens is 1. The summed E-state index contributed by atoms with van der Waals surface area (Å²) in [7, 11) is 0. The Morgan fingerprint density at radius 3 is 2.69 bits per heavy atom. The average Bonchev–Trinajstić information content (AvgIpc) is 3.51. The van der Waals surface area contributed by atoms with Crippen molar-refractivity contribution in [1.82, 2.24) is 35.4 Å². The van der Waals surface area contributed by atoms with Crippen LogP contribution in [0.4, 0.5) is 17.6 Å². The summed E-state index contributed by atoms with van der Waals surface area (Å²) in [5, 5.41) is 6.59. The van der Waals surface area contributed by atoms with E-state index in [1.807, 2.05) is 0 Å². The van der Waals surface area contributed by atoms with Crippen LogP contribution in [0, 0.1) is 5.95 Å². The van der Waals surface area contributed by atoms with Crippen molar-refractivity contribution in [3.05, 3.63) is 78.0 Å². The highest BCUT2D eigenvalue weighted by Gasteiger charge is 2.31. The second kappa shape index (κ2) is 8.83. The van der Waals surface area contributed by atoms with Crippen molar-refractivity contribution in [2.45, 2.75) is 19.1 Å². The maximum atomic E-state index is 14.0. The molecule has 0 radical (unpaired) electrons. The van der Waals surface area contributed by atoms with Gasteiger partial charge >= 0.3 is 6.18 Å². The van der Waals surface area contributed by atoms with Crippen LogP contribution in [0.1, 0.15) is 34.8 Å². The molecule has 0 spiro atoms. The quantitative estimate of drug-likeness (QED) is 0.266. The number of pyridine rings is 1. The molecule has 1 aromatic carbocycles. The van der Waals surface area contributed by atoms with Crippen LogP contribution in [-0.2, 0) is 6.18 Å². The van der Waals surface area contributed by atoms with Crippen LogP contribution in [0.3, 0.4) is 0 Å². The van der Waals surface area contributed by atoms with Gasteiger partial charge in [0.15, 0.2) is 11.6 Å². The summed E-state index contributed by atoms with van der Waals surface area (Å²) in [6.07, 6.45) is -2.05. The topological polar surface area (TPSA) is 122 Å². The van der Waals surface area contributed by atoms with E-state index >= 15 is 0 Å². The molecule has 0 aliphatic heterocycles. The van der Waals surface area contributed by atoms with Crippen LogP contribution in [-0.4, -0.2) is 36.0 Å². The lowest BCUT2D eigenvalue weighted by atomic mass is 10.1. The number of carbonyl (C=O) groups excluding carboxylic acids is 1. The molecule has 5 rings (SSSR count). The van der Waals surface area contributed by atoms with E-state index in [4.69, 9.17) is 4.52 Å². The fourth-order valence-corrected chi connectivity index (χ4v) is 3.46. The van der Waals surface area contributed by atoms with Crippen molar-refractivity contribution >= 4 is 16.9 Å². The van der Waals surface area contributed by atoms with Gasteiger partial charge in [-0.1, -0.05) is 5.16 Å². The number of alkyl halides is 3. The standard InChI is InChI=1S/C23H15F4N7O2/c1-11(31-22(35)18-8-15(29-10-30-18)13-3-2-6-28-20(13)24)19-9-17(34-36-19)21-32-14-5-4-12(23(25,26)27)7-16(14)33-21/h2-11H,1H3,(H,31,35)(H,32,33). The normalized spacial score (nSPS) is 12.6. The van der Waals surface area contributed by atoms with E-state index in [9.17, 15) is 22.4 Å². The third-order valence-electron chi connectivity index (χ3n) is 5.29. The Balaban J connectivity index is 1.33. The molecule has 9 nitrogen and oxygen atoms in total. The first-order valence-electron chi connectivity index (χ1n) is 10.5. The van der Waals surface area contributed by atoms with Crippen molar-refractivity contribution in [2.75, 3.05) is 0 Å². The van der Waals surface area contributed by atoms with E-state index in [0.717, 1.165) is 18.5 Å². The number of halogens is 4. The van der Waals surface area contributed by atoms with Crippen molar-refractivity contribution in [3.8, 4) is 22.8 Å². The Labute approximate surface area is 199 Å². The van der Waals surface area contributed by atoms with E-state index in [0.29, 0.717) is 5.52 Å². The summed E-state index contributed by atoms with van der Waals surface area (Å²) in [6, 6.07) is 8.36. The molecule has 1 amide bonds. The lowest BCUT2D eigenvalue weighted by Gasteiger charge is -2.10. The van der Waals surface area contributed by atoms with Gasteiger partial charge < -0.3 is 14.8 Å². The zero-order valence-corrected chi connectivity index (χ0v) is 18.3. The molecule has 2 N–H and O–H groups in total. The predicted octanol–water partition coefficient (Wildman–Crippen LogP) is 4.72. The molecule has 0 aliphatic rings. The third-order valence-corrected chi connectivity index (χ3v) is 5.29. The molecule has 1 atom stereocenters. The molecule has 13 heteroatoms. The first-order chi connectivity index (χ1) is 17.2. The maximum absolute atomic E-state index is 14.0. The van der Waals surface area contributed by atoms with Gasteiger partial charge in [-0.25, -0.2) is 19.9 Å². The lowest BCUT2D eigenvalue weighted by Crippen LogP contribution is -2.27. The lowest BCUT2D eigenvalue weighted by molar-refractivity contribution is -0.137. The van der Waals surface area contributed by atoms with Crippen LogP contribution < -0.4 is 5.32 Å². The highest BCUT2D eigenvalue weighted by atomic mass is 19.4. The zero-order chi connectivity index (χ0) is 25.4. The fraction of sp³-hybridized carbons (Fsp3) is 0.130. The molecule has 4 aromatic heterocycles. The summed E-state index contributed by atoms with van der Waals surface area (Å²) in [5.41, 5.74) is 0.259. The average molecular weight is 497 g/mol. The second-order valence-corrected chi connectivity index (χ2v) is 7.76. The number of nitrogens with zero attached hydrogens (tertiary/aromatic N) is 5. The predicted molar refractivity (Wildman–Crippen MR) is 118 cm³/mol. The molecule has 5 aromatic rings. The van der Waals surface area contributed by atoms with E-state index in [1.54, 1.807) is 13.0 Å². The molecule has 0 saturated carbocycles. The Kier molecular flexibility index (Phi) is 5.66. The highest BCUT2D eigenvalue weighted by molar-refractivity contribution is 5.93. The summed E-state index contributed by atoms with van der Waals surface area (Å²) in [5.74, 6) is -0.832. The molecule has 0 fully saturated rings. The van der Waals surface area contributed by atoms with E-state index < -0.39 is 29.6 Å². The van der Waals surface area contributed by atoms with Crippen LogP contribution in [0.5, 0.6) is 0 Å². The molecular weight excluding hydrogens is 482 g/mol. The van der Waals surface area contributed by atoms with Gasteiger partial charge in [-0.15, -0.1) is 0 Å². The minimum atomic E-state index is -4.48. The number of rotatable bonds is 5. The molecule has 182 valence electrons. The number of amides is 1. The number of benzene rings is 1.